The Morgan fingerprint density at radius 3 is 2.54 bits per heavy atom. The van der Waals surface area contributed by atoms with Crippen LogP contribution in [0.2, 0.25) is 0 Å². The van der Waals surface area contributed by atoms with E-state index >= 15 is 0 Å². The Hall–Kier alpha value is -3.08. The number of phenols is 1. The highest BCUT2D eigenvalue weighted by Gasteiger charge is 2.29. The third-order valence-corrected chi connectivity index (χ3v) is 8.65. The van der Waals surface area contributed by atoms with Gasteiger partial charge in [-0.25, -0.2) is 18.4 Å². The van der Waals surface area contributed by atoms with Crippen molar-refractivity contribution in [3.05, 3.63) is 59.7 Å². The fraction of sp³-hybridized carbons (Fsp3) is 0.280. The molecule has 0 aliphatic carbocycles. The van der Waals surface area contributed by atoms with Crippen molar-refractivity contribution >= 4 is 50.1 Å². The molecule has 184 valence electrons. The lowest BCUT2D eigenvalue weighted by molar-refractivity contribution is -0.354. The lowest BCUT2D eigenvalue weighted by Crippen LogP contribution is -2.37. The van der Waals surface area contributed by atoms with Crippen LogP contribution in [-0.2, 0) is 10.0 Å². The molecule has 0 spiro atoms. The molecule has 35 heavy (non-hydrogen) atoms. The predicted octanol–water partition coefficient (Wildman–Crippen LogP) is 3.96. The lowest BCUT2D eigenvalue weighted by atomic mass is 9.92. The number of thioether (sulfide) groups is 1. The fourth-order valence-electron chi connectivity index (χ4n) is 4.13. The highest BCUT2D eigenvalue weighted by molar-refractivity contribution is 8.13. The molecule has 8 nitrogen and oxygen atoms in total. The first-order valence-corrected chi connectivity index (χ1v) is 13.5. The van der Waals surface area contributed by atoms with Gasteiger partial charge in [-0.3, -0.25) is 9.62 Å². The number of likely N-dealkylation sites (tertiary alicyclic amines) is 1. The highest BCUT2D eigenvalue weighted by atomic mass is 32.2. The Morgan fingerprint density at radius 1 is 1.23 bits per heavy atom. The van der Waals surface area contributed by atoms with Crippen molar-refractivity contribution in [3.63, 3.8) is 0 Å². The van der Waals surface area contributed by atoms with Gasteiger partial charge in [0.2, 0.25) is 0 Å². The van der Waals surface area contributed by atoms with Gasteiger partial charge in [0.15, 0.2) is 0 Å². The Labute approximate surface area is 210 Å². The van der Waals surface area contributed by atoms with Crippen LogP contribution in [-0.4, -0.2) is 62.6 Å². The minimum atomic E-state index is -3.89. The van der Waals surface area contributed by atoms with Crippen LogP contribution in [0.5, 0.6) is 5.75 Å². The zero-order chi connectivity index (χ0) is 25.3. The average Bonchev–Trinajstić information content (AvgIpc) is 2.81. The Morgan fingerprint density at radius 2 is 1.94 bits per heavy atom. The number of amidine groups is 1. The Kier molecular flexibility index (Phi) is 7.07. The molecule has 1 aliphatic rings. The molecular weight excluding hydrogens is 482 g/mol. The van der Waals surface area contributed by atoms with Crippen LogP contribution in [0, 0.1) is 6.92 Å². The maximum absolute atomic E-state index is 13.5. The number of benzene rings is 3. The van der Waals surface area contributed by atoms with Crippen LogP contribution < -0.4 is 10.1 Å². The van der Waals surface area contributed by atoms with Gasteiger partial charge in [-0.2, -0.15) is 0 Å². The molecule has 0 saturated carbocycles. The van der Waals surface area contributed by atoms with Crippen molar-refractivity contribution in [2.45, 2.75) is 29.2 Å². The number of hydrazone groups is 1. The smallest absolute Gasteiger partial charge is 0.387 e. The lowest BCUT2D eigenvalue weighted by Gasteiger charge is -2.39. The molecule has 1 heterocycles. The number of sulfonamides is 1. The van der Waals surface area contributed by atoms with E-state index in [2.05, 4.69) is 26.9 Å². The molecule has 0 amide bonds. The summed E-state index contributed by atoms with van der Waals surface area (Å²) in [6.45, 7) is 6.87. The number of fused-ring (bicyclic) bond motifs is 1. The van der Waals surface area contributed by atoms with Crippen molar-refractivity contribution in [2.75, 3.05) is 32.4 Å². The van der Waals surface area contributed by atoms with Gasteiger partial charge in [0.1, 0.15) is 5.75 Å². The third-order valence-electron chi connectivity index (χ3n) is 6.17. The first kappa shape index (κ1) is 25.0. The van der Waals surface area contributed by atoms with E-state index in [1.54, 1.807) is 61.1 Å². The number of hydrogen-bond acceptors (Lipinski definition) is 7. The molecule has 0 radical (unpaired) electrons. The van der Waals surface area contributed by atoms with Crippen LogP contribution in [0.4, 0.5) is 5.69 Å². The number of phenolic OH excluding ortho intramolecular Hbond substituents is 1. The first-order chi connectivity index (χ1) is 16.6. The maximum atomic E-state index is 13.5. The number of anilines is 1. The van der Waals surface area contributed by atoms with Crippen LogP contribution in [0.1, 0.15) is 23.6 Å². The maximum Gasteiger partial charge on any atom is 0.387 e. The minimum absolute atomic E-state index is 0.0462. The Bertz CT molecular complexity index is 1440. The summed E-state index contributed by atoms with van der Waals surface area (Å²) < 4.78 is 31.3. The van der Waals surface area contributed by atoms with E-state index in [4.69, 9.17) is 0 Å². The van der Waals surface area contributed by atoms with Gasteiger partial charge >= 0.3 is 5.17 Å². The molecule has 3 N–H and O–H groups in total. The standard InChI is InChI=1S/C25H29N5O3S2/c1-16-10-11-17(14-20(16)22-12-13-30(22)5)35(32,33)28-21-15-23(34-25(27-26-2)29(3)4)24(31)19-9-7-6-8-18(19)21/h6-11,14-15,22,26,28H,3,12-13H2,1-2,4-5H3/p+1. The Balaban J connectivity index is 1.77. The predicted molar refractivity (Wildman–Crippen MR) is 143 cm³/mol. The van der Waals surface area contributed by atoms with Gasteiger partial charge in [0.05, 0.1) is 34.3 Å². The van der Waals surface area contributed by atoms with E-state index in [-0.39, 0.29) is 16.7 Å². The zero-order valence-electron chi connectivity index (χ0n) is 20.2. The summed E-state index contributed by atoms with van der Waals surface area (Å²) in [4.78, 5) is 2.87. The third kappa shape index (κ3) is 5.00. The summed E-state index contributed by atoms with van der Waals surface area (Å²) in [6.07, 6.45) is 1.01. The minimum Gasteiger partial charge on any atom is -0.506 e. The van der Waals surface area contributed by atoms with Gasteiger partial charge in [-0.15, -0.1) is 0 Å². The summed E-state index contributed by atoms with van der Waals surface area (Å²) in [7, 11) is 1.56. The first-order valence-electron chi connectivity index (χ1n) is 11.2. The van der Waals surface area contributed by atoms with Gasteiger partial charge < -0.3 is 5.11 Å². The van der Waals surface area contributed by atoms with Crippen molar-refractivity contribution in [1.82, 2.24) is 10.3 Å². The summed E-state index contributed by atoms with van der Waals surface area (Å²) in [5, 5.41) is 16.8. The van der Waals surface area contributed by atoms with Crippen molar-refractivity contribution in [1.29, 1.82) is 0 Å². The molecular formula is C25H30N5O3S2+. The molecule has 1 fully saturated rings. The summed E-state index contributed by atoms with van der Waals surface area (Å²) >= 11 is 1.18. The number of aryl methyl sites for hydroxylation is 1. The van der Waals surface area contributed by atoms with Crippen LogP contribution in [0.25, 0.3) is 10.8 Å². The second kappa shape index (κ2) is 9.88. The van der Waals surface area contributed by atoms with E-state index in [1.807, 2.05) is 20.0 Å². The SMILES string of the molecule is C=[N+](C)C(=NNC)Sc1cc(NS(=O)(=O)c2ccc(C)c(C3CCN3C)c2)c2ccccc2c1O. The van der Waals surface area contributed by atoms with Gasteiger partial charge in [-0.1, -0.05) is 30.3 Å². The molecule has 1 unspecified atom stereocenters. The van der Waals surface area contributed by atoms with E-state index < -0.39 is 10.0 Å². The second-order valence-electron chi connectivity index (χ2n) is 8.64. The van der Waals surface area contributed by atoms with E-state index in [9.17, 15) is 13.5 Å². The van der Waals surface area contributed by atoms with Crippen molar-refractivity contribution in [2.24, 2.45) is 5.10 Å². The molecule has 1 aliphatic heterocycles. The van der Waals surface area contributed by atoms with E-state index in [0.29, 0.717) is 26.5 Å². The van der Waals surface area contributed by atoms with Gasteiger partial charge in [0.25, 0.3) is 10.0 Å². The number of nitrogens with one attached hydrogen (secondary N) is 2. The monoisotopic (exact) mass is 512 g/mol. The second-order valence-corrected chi connectivity index (χ2v) is 11.3. The van der Waals surface area contributed by atoms with E-state index in [1.165, 1.54) is 11.8 Å². The molecule has 4 rings (SSSR count). The molecule has 0 aromatic heterocycles. The van der Waals surface area contributed by atoms with Crippen molar-refractivity contribution < 1.29 is 18.1 Å². The summed E-state index contributed by atoms with van der Waals surface area (Å²) in [6, 6.07) is 14.3. The molecule has 10 heteroatoms. The van der Waals surface area contributed by atoms with Crippen LogP contribution >= 0.6 is 11.8 Å². The van der Waals surface area contributed by atoms with E-state index in [0.717, 1.165) is 24.1 Å². The van der Waals surface area contributed by atoms with Crippen LogP contribution in [0.3, 0.4) is 0 Å². The van der Waals surface area contributed by atoms with Gasteiger partial charge in [-0.05, 0) is 49.7 Å². The molecule has 3 aromatic rings. The number of rotatable bonds is 6. The summed E-state index contributed by atoms with van der Waals surface area (Å²) in [5.41, 5.74) is 5.19. The fourth-order valence-corrected chi connectivity index (χ4v) is 6.11. The summed E-state index contributed by atoms with van der Waals surface area (Å²) in [5.74, 6) is 0.0462. The highest BCUT2D eigenvalue weighted by Crippen LogP contribution is 2.41. The molecule has 0 bridgehead atoms. The normalized spacial score (nSPS) is 16.7. The molecule has 1 saturated heterocycles. The van der Waals surface area contributed by atoms with Crippen molar-refractivity contribution in [3.8, 4) is 5.75 Å². The molecule has 1 atom stereocenters. The quantitative estimate of drug-likeness (QED) is 0.116. The number of hydrogen-bond donors (Lipinski definition) is 3. The number of nitrogens with zero attached hydrogens (tertiary/aromatic N) is 3. The largest absolute Gasteiger partial charge is 0.506 e. The zero-order valence-corrected chi connectivity index (χ0v) is 21.9. The number of aromatic hydroxyl groups is 1. The molecule has 3 aromatic carbocycles. The van der Waals surface area contributed by atoms with Crippen LogP contribution in [0.15, 0.2) is 63.4 Å². The van der Waals surface area contributed by atoms with Gasteiger partial charge in [0, 0.05) is 42.2 Å². The topological polar surface area (TPSA) is 97.0 Å². The average molecular weight is 513 g/mol.